The lowest BCUT2D eigenvalue weighted by atomic mass is 10.4. The van der Waals surface area contributed by atoms with Crippen LogP contribution in [0.1, 0.15) is 24.4 Å². The van der Waals surface area contributed by atoms with Crippen LogP contribution in [0.15, 0.2) is 16.4 Å². The van der Waals surface area contributed by atoms with Gasteiger partial charge in [0, 0.05) is 11.8 Å². The zero-order valence-electron chi connectivity index (χ0n) is 9.24. The predicted molar refractivity (Wildman–Crippen MR) is 61.4 cm³/mol. The van der Waals surface area contributed by atoms with E-state index in [4.69, 9.17) is 5.73 Å². The molecule has 0 aromatic carbocycles. The molecule has 1 saturated carbocycles. The molecule has 1 fully saturated rings. The molecule has 7 nitrogen and oxygen atoms in total. The van der Waals surface area contributed by atoms with Gasteiger partial charge in [0.1, 0.15) is 5.03 Å². The fourth-order valence-corrected chi connectivity index (χ4v) is 2.31. The molecule has 0 saturated heterocycles. The van der Waals surface area contributed by atoms with Crippen molar-refractivity contribution < 1.29 is 0 Å². The third kappa shape index (κ3) is 2.07. The molecule has 1 aliphatic rings. The van der Waals surface area contributed by atoms with Gasteiger partial charge in [0.05, 0.1) is 6.04 Å². The van der Waals surface area contributed by atoms with E-state index >= 15 is 0 Å². The van der Waals surface area contributed by atoms with Crippen LogP contribution in [0.5, 0.6) is 0 Å². The van der Waals surface area contributed by atoms with Gasteiger partial charge in [-0.25, -0.2) is 14.6 Å². The number of aromatic nitrogens is 6. The fraction of sp³-hybridized carbons (Fsp3) is 0.444. The monoisotopic (exact) mass is 249 g/mol. The molecular formula is C9H11N7S. The number of hydrogen-bond donors (Lipinski definition) is 1. The van der Waals surface area contributed by atoms with Crippen molar-refractivity contribution >= 4 is 17.7 Å². The minimum Gasteiger partial charge on any atom is -0.368 e. The molecule has 0 unspecified atom stereocenters. The average molecular weight is 249 g/mol. The Morgan fingerprint density at radius 2 is 2.29 bits per heavy atom. The normalized spacial score (nSPS) is 15.1. The number of aryl methyl sites for hydroxylation is 1. The maximum absolute atomic E-state index is 5.57. The largest absolute Gasteiger partial charge is 0.368 e. The minimum absolute atomic E-state index is 0.267. The third-order valence-electron chi connectivity index (χ3n) is 2.49. The summed E-state index contributed by atoms with van der Waals surface area (Å²) >= 11 is 1.43. The van der Waals surface area contributed by atoms with E-state index in [9.17, 15) is 0 Å². The molecule has 0 spiro atoms. The Kier molecular flexibility index (Phi) is 2.43. The Labute approximate surface area is 102 Å². The highest BCUT2D eigenvalue weighted by Crippen LogP contribution is 2.38. The van der Waals surface area contributed by atoms with Crippen molar-refractivity contribution in [3.63, 3.8) is 0 Å². The molecule has 2 N–H and O–H groups in total. The molecule has 0 atom stereocenters. The van der Waals surface area contributed by atoms with Crippen LogP contribution in [0.2, 0.25) is 0 Å². The molecule has 3 rings (SSSR count). The molecule has 2 aromatic rings. The summed E-state index contributed by atoms with van der Waals surface area (Å²) in [7, 11) is 0. The summed E-state index contributed by atoms with van der Waals surface area (Å²) in [6, 6.07) is 0.451. The van der Waals surface area contributed by atoms with Gasteiger partial charge in [-0.2, -0.15) is 0 Å². The molecule has 0 aliphatic heterocycles. The summed E-state index contributed by atoms with van der Waals surface area (Å²) in [6.45, 7) is 1.94. The highest BCUT2D eigenvalue weighted by Gasteiger charge is 2.28. The van der Waals surface area contributed by atoms with E-state index in [1.165, 1.54) is 11.8 Å². The number of nitrogen functional groups attached to an aromatic ring is 1. The van der Waals surface area contributed by atoms with Gasteiger partial charge >= 0.3 is 0 Å². The summed E-state index contributed by atoms with van der Waals surface area (Å²) < 4.78 is 1.85. The van der Waals surface area contributed by atoms with Gasteiger partial charge in [-0.05, 0) is 42.0 Å². The van der Waals surface area contributed by atoms with Crippen LogP contribution in [0.3, 0.4) is 0 Å². The van der Waals surface area contributed by atoms with Crippen LogP contribution in [0.25, 0.3) is 0 Å². The Hall–Kier alpha value is -1.70. The first-order valence-electron chi connectivity index (χ1n) is 5.29. The first-order chi connectivity index (χ1) is 8.24. The lowest BCUT2D eigenvalue weighted by Crippen LogP contribution is -2.01. The number of anilines is 1. The van der Waals surface area contributed by atoms with Crippen LogP contribution < -0.4 is 5.73 Å². The van der Waals surface area contributed by atoms with E-state index in [1.54, 1.807) is 6.20 Å². The van der Waals surface area contributed by atoms with Crippen LogP contribution in [-0.2, 0) is 0 Å². The Morgan fingerprint density at radius 3 is 3.06 bits per heavy atom. The number of rotatable bonds is 3. The van der Waals surface area contributed by atoms with Crippen LogP contribution in [0.4, 0.5) is 5.95 Å². The second kappa shape index (κ2) is 3.95. The SMILES string of the molecule is Cc1cnc(N)nc1Sc1nnnn1C1CC1. The van der Waals surface area contributed by atoms with Gasteiger partial charge in [-0.3, -0.25) is 0 Å². The zero-order chi connectivity index (χ0) is 11.8. The third-order valence-corrected chi connectivity index (χ3v) is 3.55. The summed E-state index contributed by atoms with van der Waals surface area (Å²) in [4.78, 5) is 8.12. The lowest BCUT2D eigenvalue weighted by molar-refractivity contribution is 0.565. The minimum atomic E-state index is 0.267. The first kappa shape index (κ1) is 10.5. The van der Waals surface area contributed by atoms with Gasteiger partial charge < -0.3 is 5.73 Å². The predicted octanol–water partition coefficient (Wildman–Crippen LogP) is 0.840. The van der Waals surface area contributed by atoms with E-state index in [0.29, 0.717) is 6.04 Å². The highest BCUT2D eigenvalue weighted by atomic mass is 32.2. The number of nitrogens with zero attached hydrogens (tertiary/aromatic N) is 6. The van der Waals surface area contributed by atoms with Crippen LogP contribution in [-0.4, -0.2) is 30.2 Å². The van der Waals surface area contributed by atoms with Gasteiger partial charge in [-0.15, -0.1) is 5.10 Å². The van der Waals surface area contributed by atoms with E-state index < -0.39 is 0 Å². The van der Waals surface area contributed by atoms with Crippen molar-refractivity contribution in [2.45, 2.75) is 36.0 Å². The molecule has 2 heterocycles. The lowest BCUT2D eigenvalue weighted by Gasteiger charge is -2.04. The van der Waals surface area contributed by atoms with E-state index in [-0.39, 0.29) is 5.95 Å². The number of nitrogens with two attached hydrogens (primary N) is 1. The summed E-state index contributed by atoms with van der Waals surface area (Å²) in [6.07, 6.45) is 3.99. The molecule has 1 aliphatic carbocycles. The molecule has 8 heteroatoms. The second-order valence-electron chi connectivity index (χ2n) is 3.96. The average Bonchev–Trinajstić information content (AvgIpc) is 3.05. The Balaban J connectivity index is 1.90. The van der Waals surface area contributed by atoms with Crippen molar-refractivity contribution in [1.82, 2.24) is 30.2 Å². The first-order valence-corrected chi connectivity index (χ1v) is 6.10. The van der Waals surface area contributed by atoms with Gasteiger partial charge in [0.15, 0.2) is 0 Å². The number of hydrogen-bond acceptors (Lipinski definition) is 7. The topological polar surface area (TPSA) is 95.4 Å². The van der Waals surface area contributed by atoms with E-state index in [0.717, 1.165) is 28.6 Å². The van der Waals surface area contributed by atoms with Crippen molar-refractivity contribution in [3.05, 3.63) is 11.8 Å². The maximum Gasteiger partial charge on any atom is 0.221 e. The van der Waals surface area contributed by atoms with Gasteiger partial charge in [-0.1, -0.05) is 0 Å². The Bertz CT molecular complexity index is 548. The summed E-state index contributed by atoms with van der Waals surface area (Å²) in [5.74, 6) is 0.267. The molecule has 0 bridgehead atoms. The molecule has 0 amide bonds. The molecule has 2 aromatic heterocycles. The van der Waals surface area contributed by atoms with Gasteiger partial charge in [0.25, 0.3) is 0 Å². The molecule has 88 valence electrons. The zero-order valence-corrected chi connectivity index (χ0v) is 10.1. The molecule has 17 heavy (non-hydrogen) atoms. The second-order valence-corrected chi connectivity index (χ2v) is 4.91. The quantitative estimate of drug-likeness (QED) is 0.805. The van der Waals surface area contributed by atoms with Crippen molar-refractivity contribution in [2.75, 3.05) is 5.73 Å². The van der Waals surface area contributed by atoms with Gasteiger partial charge in [0.2, 0.25) is 11.1 Å². The molecule has 0 radical (unpaired) electrons. The van der Waals surface area contributed by atoms with Crippen LogP contribution >= 0.6 is 11.8 Å². The smallest absolute Gasteiger partial charge is 0.221 e. The standard InChI is InChI=1S/C9H11N7S/c1-5-4-11-8(10)12-7(5)17-9-13-14-15-16(9)6-2-3-6/h4,6H,2-3H2,1H3,(H2,10,11,12). The van der Waals surface area contributed by atoms with Crippen molar-refractivity contribution in [3.8, 4) is 0 Å². The van der Waals surface area contributed by atoms with E-state index in [2.05, 4.69) is 25.5 Å². The van der Waals surface area contributed by atoms with Crippen LogP contribution in [0, 0.1) is 6.92 Å². The highest BCUT2D eigenvalue weighted by molar-refractivity contribution is 7.99. The fourth-order valence-electron chi connectivity index (χ4n) is 1.43. The Morgan fingerprint density at radius 1 is 1.47 bits per heavy atom. The van der Waals surface area contributed by atoms with Crippen molar-refractivity contribution in [2.24, 2.45) is 0 Å². The summed E-state index contributed by atoms with van der Waals surface area (Å²) in [5, 5.41) is 13.3. The van der Waals surface area contributed by atoms with E-state index in [1.807, 2.05) is 11.6 Å². The number of tetrazole rings is 1. The molecular weight excluding hydrogens is 238 g/mol. The van der Waals surface area contributed by atoms with Crippen molar-refractivity contribution in [1.29, 1.82) is 0 Å². The maximum atomic E-state index is 5.57. The summed E-state index contributed by atoms with van der Waals surface area (Å²) in [5.41, 5.74) is 6.54.